The highest BCUT2D eigenvalue weighted by atomic mass is 16.5. The lowest BCUT2D eigenvalue weighted by atomic mass is 9.99. The highest BCUT2D eigenvalue weighted by Gasteiger charge is 2.24. The van der Waals surface area contributed by atoms with Gasteiger partial charge in [0.15, 0.2) is 17.4 Å². The van der Waals surface area contributed by atoms with Crippen LogP contribution in [0.3, 0.4) is 0 Å². The van der Waals surface area contributed by atoms with Gasteiger partial charge in [-0.2, -0.15) is 5.21 Å². The number of hydrogen-bond acceptors (Lipinski definition) is 7. The highest BCUT2D eigenvalue weighted by molar-refractivity contribution is 5.93. The molecule has 0 saturated heterocycles. The van der Waals surface area contributed by atoms with Crippen LogP contribution in [0.2, 0.25) is 0 Å². The lowest BCUT2D eigenvalue weighted by molar-refractivity contribution is -0.115. The van der Waals surface area contributed by atoms with E-state index in [1.807, 2.05) is 24.3 Å². The summed E-state index contributed by atoms with van der Waals surface area (Å²) in [5.41, 5.74) is 2.87. The smallest absolute Gasteiger partial charge is 0.233 e. The predicted octanol–water partition coefficient (Wildman–Crippen LogP) is 1.39. The number of carbonyl (C=O) groups excluding carboxylic acids is 1. The molecule has 0 spiro atoms. The first-order valence-corrected chi connectivity index (χ1v) is 8.06. The lowest BCUT2D eigenvalue weighted by Crippen LogP contribution is -2.17. The number of tetrazole rings is 1. The number of benzene rings is 1. The molecule has 0 atom stereocenters. The molecule has 132 valence electrons. The summed E-state index contributed by atoms with van der Waals surface area (Å²) in [6.45, 7) is 0.539. The van der Waals surface area contributed by atoms with Gasteiger partial charge in [-0.25, -0.2) is 4.98 Å². The van der Waals surface area contributed by atoms with E-state index in [0.717, 1.165) is 28.9 Å². The molecule has 9 heteroatoms. The molecule has 4 rings (SSSR count). The van der Waals surface area contributed by atoms with Crippen LogP contribution in [0.4, 0.5) is 5.82 Å². The molecule has 1 aliphatic rings. The quantitative estimate of drug-likeness (QED) is 0.713. The maximum absolute atomic E-state index is 12.2. The van der Waals surface area contributed by atoms with Crippen molar-refractivity contribution in [2.75, 3.05) is 19.0 Å². The topological polar surface area (TPSA) is 115 Å². The highest BCUT2D eigenvalue weighted by Crippen LogP contribution is 2.41. The Bertz CT molecular complexity index is 942. The number of aromatic nitrogens is 5. The van der Waals surface area contributed by atoms with Crippen LogP contribution in [0.25, 0.3) is 11.1 Å². The molecular formula is C17H16N6O3. The molecule has 0 unspecified atom stereocenters. The molecule has 0 aliphatic carbocycles. The van der Waals surface area contributed by atoms with E-state index in [9.17, 15) is 4.79 Å². The van der Waals surface area contributed by atoms with Gasteiger partial charge in [0.25, 0.3) is 0 Å². The molecule has 3 aromatic rings. The van der Waals surface area contributed by atoms with E-state index in [-0.39, 0.29) is 12.3 Å². The normalized spacial score (nSPS) is 12.3. The zero-order valence-corrected chi connectivity index (χ0v) is 14.0. The van der Waals surface area contributed by atoms with Crippen molar-refractivity contribution in [3.05, 3.63) is 41.9 Å². The molecule has 3 heterocycles. The van der Waals surface area contributed by atoms with Gasteiger partial charge >= 0.3 is 0 Å². The van der Waals surface area contributed by atoms with E-state index in [0.29, 0.717) is 24.0 Å². The SMILES string of the molecule is COc1ccccc1-c1cnc(NC(=O)Cc2nn[nH]n2)c2c1CCO2. The number of nitrogens with one attached hydrogen (secondary N) is 2. The number of ether oxygens (including phenoxy) is 2. The average molecular weight is 352 g/mol. The summed E-state index contributed by atoms with van der Waals surface area (Å²) >= 11 is 0. The minimum atomic E-state index is -0.290. The number of carbonyl (C=O) groups is 1. The van der Waals surface area contributed by atoms with Gasteiger partial charge in [-0.1, -0.05) is 23.4 Å². The number of pyridine rings is 1. The van der Waals surface area contributed by atoms with Crippen LogP contribution in [0.5, 0.6) is 11.5 Å². The summed E-state index contributed by atoms with van der Waals surface area (Å²) in [7, 11) is 1.63. The first kappa shape index (κ1) is 16.0. The van der Waals surface area contributed by atoms with Crippen molar-refractivity contribution in [2.45, 2.75) is 12.8 Å². The van der Waals surface area contributed by atoms with Crippen LogP contribution in [-0.4, -0.2) is 45.2 Å². The van der Waals surface area contributed by atoms with Gasteiger partial charge < -0.3 is 14.8 Å². The summed E-state index contributed by atoms with van der Waals surface area (Å²) in [5.74, 6) is 1.77. The monoisotopic (exact) mass is 352 g/mol. The van der Waals surface area contributed by atoms with Crippen molar-refractivity contribution in [1.82, 2.24) is 25.6 Å². The van der Waals surface area contributed by atoms with Gasteiger partial charge in [0.05, 0.1) is 20.1 Å². The molecule has 0 saturated carbocycles. The Morgan fingerprint density at radius 3 is 3.04 bits per heavy atom. The number of rotatable bonds is 5. The molecule has 9 nitrogen and oxygen atoms in total. The van der Waals surface area contributed by atoms with Crippen molar-refractivity contribution in [3.8, 4) is 22.6 Å². The zero-order valence-electron chi connectivity index (χ0n) is 14.0. The van der Waals surface area contributed by atoms with Crippen molar-refractivity contribution in [1.29, 1.82) is 0 Å². The second-order valence-corrected chi connectivity index (χ2v) is 5.68. The Balaban J connectivity index is 1.65. The molecule has 1 aliphatic heterocycles. The van der Waals surface area contributed by atoms with Gasteiger partial charge in [0, 0.05) is 29.3 Å². The molecule has 0 fully saturated rings. The van der Waals surface area contributed by atoms with Crippen LogP contribution in [0.15, 0.2) is 30.5 Å². The van der Waals surface area contributed by atoms with Gasteiger partial charge in [-0.3, -0.25) is 4.79 Å². The van der Waals surface area contributed by atoms with E-state index < -0.39 is 0 Å². The Morgan fingerprint density at radius 1 is 1.35 bits per heavy atom. The van der Waals surface area contributed by atoms with Gasteiger partial charge in [-0.15, -0.1) is 10.2 Å². The second-order valence-electron chi connectivity index (χ2n) is 5.68. The van der Waals surface area contributed by atoms with Crippen LogP contribution in [-0.2, 0) is 17.6 Å². The predicted molar refractivity (Wildman–Crippen MR) is 91.9 cm³/mol. The molecule has 1 amide bonds. The number of fused-ring (bicyclic) bond motifs is 1. The van der Waals surface area contributed by atoms with Crippen LogP contribution >= 0.6 is 0 Å². The number of H-pyrrole nitrogens is 1. The molecular weight excluding hydrogens is 336 g/mol. The maximum Gasteiger partial charge on any atom is 0.233 e. The molecule has 0 radical (unpaired) electrons. The first-order chi connectivity index (χ1) is 12.8. The van der Waals surface area contributed by atoms with Crippen molar-refractivity contribution >= 4 is 11.7 Å². The Hall–Kier alpha value is -3.49. The Morgan fingerprint density at radius 2 is 2.23 bits per heavy atom. The second kappa shape index (κ2) is 6.79. The summed E-state index contributed by atoms with van der Waals surface area (Å²) in [5, 5.41) is 16.0. The Labute approximate surface area is 148 Å². The summed E-state index contributed by atoms with van der Waals surface area (Å²) < 4.78 is 11.2. The van der Waals surface area contributed by atoms with E-state index in [1.54, 1.807) is 13.3 Å². The van der Waals surface area contributed by atoms with E-state index in [1.165, 1.54) is 0 Å². The van der Waals surface area contributed by atoms with Gasteiger partial charge in [-0.05, 0) is 6.07 Å². The number of amides is 1. The largest absolute Gasteiger partial charge is 0.496 e. The molecule has 2 N–H and O–H groups in total. The zero-order chi connectivity index (χ0) is 17.9. The van der Waals surface area contributed by atoms with Crippen LogP contribution in [0, 0.1) is 0 Å². The minimum absolute atomic E-state index is 0.00120. The fraction of sp³-hybridized carbons (Fsp3) is 0.235. The molecule has 0 bridgehead atoms. The standard InChI is InChI=1S/C17H16N6O3/c1-25-13-5-3-2-4-10(13)12-9-18-17(16-11(12)6-7-26-16)19-15(24)8-14-20-22-23-21-14/h2-5,9H,6-8H2,1H3,(H,18,19,24)(H,20,21,22,23). The fourth-order valence-corrected chi connectivity index (χ4v) is 2.96. The summed E-state index contributed by atoms with van der Waals surface area (Å²) in [6.07, 6.45) is 2.47. The molecule has 1 aromatic carbocycles. The minimum Gasteiger partial charge on any atom is -0.496 e. The first-order valence-electron chi connectivity index (χ1n) is 8.06. The Kier molecular flexibility index (Phi) is 4.18. The summed E-state index contributed by atoms with van der Waals surface area (Å²) in [6, 6.07) is 7.74. The number of methoxy groups -OCH3 is 1. The number of anilines is 1. The summed E-state index contributed by atoms with van der Waals surface area (Å²) in [4.78, 5) is 16.6. The number of aromatic amines is 1. The molecule has 2 aromatic heterocycles. The van der Waals surface area contributed by atoms with E-state index in [2.05, 4.69) is 30.9 Å². The van der Waals surface area contributed by atoms with Crippen molar-refractivity contribution < 1.29 is 14.3 Å². The van der Waals surface area contributed by atoms with Crippen molar-refractivity contribution in [2.24, 2.45) is 0 Å². The van der Waals surface area contributed by atoms with Gasteiger partial charge in [0.2, 0.25) is 5.91 Å². The number of hydrogen-bond donors (Lipinski definition) is 2. The molecule has 26 heavy (non-hydrogen) atoms. The fourth-order valence-electron chi connectivity index (χ4n) is 2.96. The van der Waals surface area contributed by atoms with E-state index in [4.69, 9.17) is 9.47 Å². The third-order valence-corrected chi connectivity index (χ3v) is 4.10. The van der Waals surface area contributed by atoms with Crippen LogP contribution < -0.4 is 14.8 Å². The van der Waals surface area contributed by atoms with Gasteiger partial charge in [0.1, 0.15) is 5.75 Å². The van der Waals surface area contributed by atoms with Crippen molar-refractivity contribution in [3.63, 3.8) is 0 Å². The van der Waals surface area contributed by atoms with E-state index >= 15 is 0 Å². The number of nitrogens with zero attached hydrogens (tertiary/aromatic N) is 4. The third kappa shape index (κ3) is 2.94. The maximum atomic E-state index is 12.2. The third-order valence-electron chi connectivity index (χ3n) is 4.10. The number of para-hydroxylation sites is 1. The average Bonchev–Trinajstić information content (AvgIpc) is 3.34. The lowest BCUT2D eigenvalue weighted by Gasteiger charge is -2.14. The van der Waals surface area contributed by atoms with Crippen LogP contribution in [0.1, 0.15) is 11.4 Å².